The molecule has 0 aromatic heterocycles. The van der Waals surface area contributed by atoms with Crippen LogP contribution < -0.4 is 0 Å². The van der Waals surface area contributed by atoms with E-state index in [1.165, 1.54) is 38.5 Å². The second-order valence-electron chi connectivity index (χ2n) is 10.6. The molecule has 5 heteroatoms. The number of methoxy groups -OCH3 is 1. The number of fused-ring (bicyclic) bond motifs is 1. The highest BCUT2D eigenvalue weighted by molar-refractivity contribution is 14.1. The molecule has 0 unspecified atom stereocenters. The number of alkyl halides is 1. The average molecular weight is 575 g/mol. The van der Waals surface area contributed by atoms with E-state index in [2.05, 4.69) is 74.6 Å². The minimum atomic E-state index is -0.491. The molecule has 4 nitrogen and oxygen atoms in total. The molecule has 0 aromatic carbocycles. The maximum atomic E-state index is 6.51. The van der Waals surface area contributed by atoms with Gasteiger partial charge in [0, 0.05) is 17.5 Å². The summed E-state index contributed by atoms with van der Waals surface area (Å²) in [5.41, 5.74) is 0. The molecule has 0 radical (unpaired) electrons. The van der Waals surface area contributed by atoms with E-state index >= 15 is 0 Å². The van der Waals surface area contributed by atoms with Crippen molar-refractivity contribution in [3.8, 4) is 0 Å². The Labute approximate surface area is 216 Å². The van der Waals surface area contributed by atoms with E-state index in [0.717, 1.165) is 31.6 Å². The Balaban J connectivity index is 1.69. The molecule has 0 amide bonds. The summed E-state index contributed by atoms with van der Waals surface area (Å²) < 4.78 is 25.5. The van der Waals surface area contributed by atoms with Crippen molar-refractivity contribution in [2.24, 2.45) is 17.8 Å². The van der Waals surface area contributed by atoms with Gasteiger partial charge < -0.3 is 18.9 Å². The molecule has 0 aromatic rings. The molecule has 2 saturated heterocycles. The third kappa shape index (κ3) is 7.77. The van der Waals surface area contributed by atoms with Gasteiger partial charge in [-0.05, 0) is 84.0 Å². The lowest BCUT2D eigenvalue weighted by atomic mass is 9.66. The largest absolute Gasteiger partial charge is 0.356 e. The molecular formula is C28H47IO4. The van der Waals surface area contributed by atoms with Crippen LogP contribution in [0.4, 0.5) is 0 Å². The molecular weight excluding hydrogens is 527 g/mol. The van der Waals surface area contributed by atoms with E-state index in [9.17, 15) is 0 Å². The molecule has 3 fully saturated rings. The summed E-state index contributed by atoms with van der Waals surface area (Å²) in [6.45, 7) is 8.35. The highest BCUT2D eigenvalue weighted by Crippen LogP contribution is 2.51. The van der Waals surface area contributed by atoms with Crippen molar-refractivity contribution >= 4 is 22.6 Å². The average Bonchev–Trinajstić information content (AvgIpc) is 3.34. The van der Waals surface area contributed by atoms with Crippen LogP contribution >= 0.6 is 22.6 Å². The quantitative estimate of drug-likeness (QED) is 0.104. The summed E-state index contributed by atoms with van der Waals surface area (Å²) in [4.78, 5) is 0. The van der Waals surface area contributed by atoms with Gasteiger partial charge in [0.2, 0.25) is 0 Å². The fourth-order valence-electron chi connectivity index (χ4n) is 6.32. The predicted molar refractivity (Wildman–Crippen MR) is 144 cm³/mol. The van der Waals surface area contributed by atoms with Gasteiger partial charge in [0.1, 0.15) is 0 Å². The molecule has 2 aliphatic heterocycles. The number of unbranched alkanes of at least 4 members (excludes halogenated alkanes) is 3. The van der Waals surface area contributed by atoms with Crippen LogP contribution in [0.5, 0.6) is 0 Å². The first-order valence-corrected chi connectivity index (χ1v) is 14.5. The van der Waals surface area contributed by atoms with Crippen molar-refractivity contribution in [3.63, 3.8) is 0 Å². The number of hydrogen-bond acceptors (Lipinski definition) is 4. The van der Waals surface area contributed by atoms with Crippen molar-refractivity contribution < 1.29 is 18.9 Å². The maximum absolute atomic E-state index is 6.51. The highest BCUT2D eigenvalue weighted by atomic mass is 127. The maximum Gasteiger partial charge on any atom is 0.163 e. The fraction of sp³-hybridized carbons (Fsp3) is 0.857. The van der Waals surface area contributed by atoms with Crippen molar-refractivity contribution in [3.05, 3.63) is 24.3 Å². The number of allylic oxidation sites excluding steroid dienone is 4. The van der Waals surface area contributed by atoms with E-state index < -0.39 is 5.79 Å². The first kappa shape index (κ1) is 27.6. The van der Waals surface area contributed by atoms with E-state index in [4.69, 9.17) is 18.9 Å². The van der Waals surface area contributed by atoms with Crippen LogP contribution in [0.15, 0.2) is 24.3 Å². The Morgan fingerprint density at radius 3 is 2.39 bits per heavy atom. The number of ether oxygens (including phenoxy) is 4. The molecule has 3 rings (SSSR count). The Morgan fingerprint density at radius 2 is 1.67 bits per heavy atom. The standard InChI is InChI=1S/C28H47IO4/c1-6-8-10-11-12-14-15-20-17-23(29)27-22(19-26(30-5)31-27)21(20)18-25-24(16-13-9-7-2)32-28(3,4)33-25/h6-9,20-27H,10-19H2,1-5H3/b8-6+,9-7+/t20-,21+,22-,23-,24-,25-,26+,27-/m1/s1. The van der Waals surface area contributed by atoms with Gasteiger partial charge in [0.15, 0.2) is 12.1 Å². The molecule has 33 heavy (non-hydrogen) atoms. The van der Waals surface area contributed by atoms with Gasteiger partial charge in [-0.25, -0.2) is 0 Å². The van der Waals surface area contributed by atoms with Crippen LogP contribution in [-0.2, 0) is 18.9 Å². The van der Waals surface area contributed by atoms with Crippen LogP contribution in [-0.4, -0.2) is 41.4 Å². The summed E-state index contributed by atoms with van der Waals surface area (Å²) in [5, 5.41) is 0. The molecule has 0 bridgehead atoms. The zero-order valence-corrected chi connectivity index (χ0v) is 23.7. The first-order valence-electron chi connectivity index (χ1n) is 13.3. The minimum Gasteiger partial charge on any atom is -0.356 e. The second kappa shape index (κ2) is 13.4. The second-order valence-corrected chi connectivity index (χ2v) is 12.2. The van der Waals surface area contributed by atoms with Gasteiger partial charge in [-0.1, -0.05) is 66.2 Å². The number of rotatable bonds is 12. The Kier molecular flexibility index (Phi) is 11.2. The monoisotopic (exact) mass is 574 g/mol. The topological polar surface area (TPSA) is 36.9 Å². The molecule has 8 atom stereocenters. The zero-order chi connectivity index (χ0) is 23.8. The minimum absolute atomic E-state index is 0.0537. The summed E-state index contributed by atoms with van der Waals surface area (Å²) in [7, 11) is 1.79. The van der Waals surface area contributed by atoms with Gasteiger partial charge in [0.05, 0.1) is 18.3 Å². The highest BCUT2D eigenvalue weighted by Gasteiger charge is 2.52. The van der Waals surface area contributed by atoms with Crippen LogP contribution in [0.1, 0.15) is 91.9 Å². The van der Waals surface area contributed by atoms with Crippen molar-refractivity contribution in [2.75, 3.05) is 7.11 Å². The molecule has 2 heterocycles. The van der Waals surface area contributed by atoms with Crippen LogP contribution in [0.3, 0.4) is 0 Å². The lowest BCUT2D eigenvalue weighted by Gasteiger charge is -2.43. The lowest BCUT2D eigenvalue weighted by molar-refractivity contribution is -0.149. The lowest BCUT2D eigenvalue weighted by Crippen LogP contribution is -2.44. The predicted octanol–water partition coefficient (Wildman–Crippen LogP) is 7.60. The zero-order valence-electron chi connectivity index (χ0n) is 21.5. The van der Waals surface area contributed by atoms with Gasteiger partial charge >= 0.3 is 0 Å². The van der Waals surface area contributed by atoms with E-state index in [0.29, 0.717) is 21.9 Å². The van der Waals surface area contributed by atoms with Gasteiger partial charge in [-0.15, -0.1) is 0 Å². The van der Waals surface area contributed by atoms with E-state index in [1.54, 1.807) is 7.11 Å². The normalized spacial score (nSPS) is 38.5. The SMILES string of the molecule is C/C=C/CCCCC[C@@H]1C[C@@H](I)[C@@H]2O[C@H](OC)C[C@@H]2[C@H]1C[C@H]1OC(C)(C)O[C@@H]1CC/C=C/C. The molecule has 1 aliphatic carbocycles. The van der Waals surface area contributed by atoms with E-state index in [-0.39, 0.29) is 18.5 Å². The molecule has 0 spiro atoms. The third-order valence-corrected chi connectivity index (χ3v) is 9.04. The van der Waals surface area contributed by atoms with E-state index in [1.807, 2.05) is 0 Å². The van der Waals surface area contributed by atoms with Gasteiger partial charge in [-0.3, -0.25) is 0 Å². The summed E-state index contributed by atoms with van der Waals surface area (Å²) in [5.74, 6) is 1.41. The smallest absolute Gasteiger partial charge is 0.163 e. The Morgan fingerprint density at radius 1 is 0.939 bits per heavy atom. The van der Waals surface area contributed by atoms with Crippen molar-refractivity contribution in [1.82, 2.24) is 0 Å². The molecule has 190 valence electrons. The summed E-state index contributed by atoms with van der Waals surface area (Å²) in [6.07, 6.45) is 21.3. The molecule has 0 N–H and O–H groups in total. The summed E-state index contributed by atoms with van der Waals surface area (Å²) >= 11 is 2.65. The van der Waals surface area contributed by atoms with Crippen LogP contribution in [0, 0.1) is 17.8 Å². The van der Waals surface area contributed by atoms with Crippen LogP contribution in [0.25, 0.3) is 0 Å². The number of hydrogen-bond donors (Lipinski definition) is 0. The Hall–Kier alpha value is 0.0500. The molecule has 1 saturated carbocycles. The summed E-state index contributed by atoms with van der Waals surface area (Å²) in [6, 6.07) is 0. The van der Waals surface area contributed by atoms with Gasteiger partial charge in [0.25, 0.3) is 0 Å². The fourth-order valence-corrected chi connectivity index (χ4v) is 7.68. The van der Waals surface area contributed by atoms with Gasteiger partial charge in [-0.2, -0.15) is 0 Å². The first-order chi connectivity index (χ1) is 15.9. The molecule has 3 aliphatic rings. The third-order valence-electron chi connectivity index (χ3n) is 7.82. The van der Waals surface area contributed by atoms with Crippen molar-refractivity contribution in [1.29, 1.82) is 0 Å². The Bertz CT molecular complexity index is 633. The number of halogens is 1. The van der Waals surface area contributed by atoms with Crippen molar-refractivity contribution in [2.45, 2.75) is 126 Å². The van der Waals surface area contributed by atoms with Crippen LogP contribution in [0.2, 0.25) is 0 Å².